The number of fused-ring (bicyclic) bond motifs is 1. The number of benzene rings is 1. The molecule has 0 spiro atoms. The van der Waals surface area contributed by atoms with E-state index in [0.717, 1.165) is 18.7 Å². The molecular weight excluding hydrogens is 176 g/mol. The van der Waals surface area contributed by atoms with Gasteiger partial charge in [-0.15, -0.1) is 0 Å². The fraction of sp³-hybridized carbons (Fsp3) is 0.455. The number of anilines is 1. The zero-order valence-electron chi connectivity index (χ0n) is 8.62. The van der Waals surface area contributed by atoms with E-state index in [2.05, 4.69) is 16.3 Å². The lowest BCUT2D eigenvalue weighted by atomic mass is 9.98. The zero-order chi connectivity index (χ0) is 10.1. The minimum Gasteiger partial charge on any atom is -0.506 e. The van der Waals surface area contributed by atoms with Crippen LogP contribution in [0.25, 0.3) is 0 Å². The highest BCUT2D eigenvalue weighted by molar-refractivity contribution is 5.64. The van der Waals surface area contributed by atoms with Crippen LogP contribution < -0.4 is 10.2 Å². The van der Waals surface area contributed by atoms with Crippen molar-refractivity contribution in [1.29, 1.82) is 0 Å². The fourth-order valence-electron chi connectivity index (χ4n) is 2.13. The summed E-state index contributed by atoms with van der Waals surface area (Å²) in [5.41, 5.74) is 2.21. The highest BCUT2D eigenvalue weighted by Crippen LogP contribution is 2.34. The second kappa shape index (κ2) is 3.50. The molecule has 1 aliphatic rings. The van der Waals surface area contributed by atoms with E-state index in [1.165, 1.54) is 5.56 Å². The van der Waals surface area contributed by atoms with Crippen molar-refractivity contribution in [2.45, 2.75) is 12.5 Å². The van der Waals surface area contributed by atoms with E-state index >= 15 is 0 Å². The number of hydrogen-bond acceptors (Lipinski definition) is 3. The largest absolute Gasteiger partial charge is 0.506 e. The van der Waals surface area contributed by atoms with E-state index in [1.807, 2.05) is 20.2 Å². The van der Waals surface area contributed by atoms with Crippen molar-refractivity contribution in [3.05, 3.63) is 23.8 Å². The topological polar surface area (TPSA) is 35.5 Å². The van der Waals surface area contributed by atoms with Gasteiger partial charge in [-0.2, -0.15) is 0 Å². The fourth-order valence-corrected chi connectivity index (χ4v) is 2.13. The minimum atomic E-state index is 0.388. The van der Waals surface area contributed by atoms with E-state index in [1.54, 1.807) is 6.07 Å². The van der Waals surface area contributed by atoms with E-state index in [-0.39, 0.29) is 0 Å². The van der Waals surface area contributed by atoms with Crippen LogP contribution in [-0.4, -0.2) is 31.8 Å². The molecule has 0 fully saturated rings. The molecule has 1 aromatic carbocycles. The van der Waals surface area contributed by atoms with Gasteiger partial charge in [-0.3, -0.25) is 0 Å². The third-order valence-corrected chi connectivity index (χ3v) is 2.85. The van der Waals surface area contributed by atoms with Gasteiger partial charge in [-0.25, -0.2) is 0 Å². The smallest absolute Gasteiger partial charge is 0.139 e. The van der Waals surface area contributed by atoms with E-state index in [4.69, 9.17) is 0 Å². The number of para-hydroxylation sites is 1. The molecule has 0 amide bonds. The first-order chi connectivity index (χ1) is 6.72. The number of rotatable bonds is 1. The Morgan fingerprint density at radius 2 is 2.29 bits per heavy atom. The van der Waals surface area contributed by atoms with Crippen LogP contribution in [0.2, 0.25) is 0 Å². The molecule has 1 aliphatic heterocycles. The molecule has 0 radical (unpaired) electrons. The van der Waals surface area contributed by atoms with Crippen LogP contribution in [0, 0.1) is 0 Å². The molecule has 2 N–H and O–H groups in total. The highest BCUT2D eigenvalue weighted by Gasteiger charge is 2.22. The molecule has 3 nitrogen and oxygen atoms in total. The van der Waals surface area contributed by atoms with Gasteiger partial charge in [0.1, 0.15) is 5.75 Å². The Balaban J connectivity index is 2.39. The van der Waals surface area contributed by atoms with Gasteiger partial charge >= 0.3 is 0 Å². The van der Waals surface area contributed by atoms with E-state index < -0.39 is 0 Å². The van der Waals surface area contributed by atoms with Crippen molar-refractivity contribution in [3.63, 3.8) is 0 Å². The number of nitrogens with zero attached hydrogens (tertiary/aromatic N) is 1. The Hall–Kier alpha value is -1.22. The van der Waals surface area contributed by atoms with Crippen LogP contribution >= 0.6 is 0 Å². The maximum Gasteiger partial charge on any atom is 0.139 e. The number of likely N-dealkylation sites (N-methyl/N-ethyl adjacent to an activating group) is 2. The normalized spacial score (nSPS) is 20.7. The van der Waals surface area contributed by atoms with Gasteiger partial charge in [0.2, 0.25) is 0 Å². The van der Waals surface area contributed by atoms with Gasteiger partial charge in [-0.05, 0) is 25.1 Å². The third kappa shape index (κ3) is 1.44. The molecule has 0 aromatic heterocycles. The van der Waals surface area contributed by atoms with Crippen molar-refractivity contribution in [2.24, 2.45) is 0 Å². The number of phenolic OH excluding ortho intramolecular Hbond substituents is 1. The SMILES string of the molecule is CNC1Cc2cccc(O)c2N(C)C1. The van der Waals surface area contributed by atoms with Crippen molar-refractivity contribution in [1.82, 2.24) is 5.32 Å². The van der Waals surface area contributed by atoms with Crippen LogP contribution in [0.3, 0.4) is 0 Å². The van der Waals surface area contributed by atoms with Gasteiger partial charge in [0, 0.05) is 19.6 Å². The summed E-state index contributed by atoms with van der Waals surface area (Å²) in [6.07, 6.45) is 0.991. The lowest BCUT2D eigenvalue weighted by Gasteiger charge is -2.33. The average Bonchev–Trinajstić information content (AvgIpc) is 2.17. The maximum atomic E-state index is 9.72. The molecule has 1 heterocycles. The first-order valence-corrected chi connectivity index (χ1v) is 4.91. The molecule has 14 heavy (non-hydrogen) atoms. The lowest BCUT2D eigenvalue weighted by molar-refractivity contribution is 0.465. The number of aromatic hydroxyl groups is 1. The third-order valence-electron chi connectivity index (χ3n) is 2.85. The molecular formula is C11H16N2O. The van der Waals surface area contributed by atoms with Gasteiger partial charge in [-0.1, -0.05) is 12.1 Å². The Morgan fingerprint density at radius 1 is 1.50 bits per heavy atom. The van der Waals surface area contributed by atoms with Gasteiger partial charge in [0.05, 0.1) is 5.69 Å². The zero-order valence-corrected chi connectivity index (χ0v) is 8.62. The Kier molecular flexibility index (Phi) is 2.33. The van der Waals surface area contributed by atoms with Gasteiger partial charge in [0.15, 0.2) is 0 Å². The van der Waals surface area contributed by atoms with E-state index in [0.29, 0.717) is 11.8 Å². The summed E-state index contributed by atoms with van der Waals surface area (Å²) >= 11 is 0. The summed E-state index contributed by atoms with van der Waals surface area (Å²) in [5.74, 6) is 0.388. The van der Waals surface area contributed by atoms with Gasteiger partial charge in [0.25, 0.3) is 0 Å². The lowest BCUT2D eigenvalue weighted by Crippen LogP contribution is -2.43. The molecule has 2 rings (SSSR count). The number of nitrogens with one attached hydrogen (secondary N) is 1. The van der Waals surface area contributed by atoms with Crippen molar-refractivity contribution >= 4 is 5.69 Å². The van der Waals surface area contributed by atoms with Crippen LogP contribution in [0.1, 0.15) is 5.56 Å². The first-order valence-electron chi connectivity index (χ1n) is 4.91. The Bertz CT molecular complexity index is 338. The standard InChI is InChI=1S/C11H16N2O/c1-12-9-6-8-4-3-5-10(14)11(8)13(2)7-9/h3-5,9,12,14H,6-7H2,1-2H3. The summed E-state index contributed by atoms with van der Waals surface area (Å²) in [4.78, 5) is 2.11. The minimum absolute atomic E-state index is 0.388. The number of phenols is 1. The van der Waals surface area contributed by atoms with Crippen LogP contribution in [0.5, 0.6) is 5.75 Å². The number of hydrogen-bond donors (Lipinski definition) is 2. The second-order valence-electron chi connectivity index (χ2n) is 3.86. The molecule has 1 aromatic rings. The second-order valence-corrected chi connectivity index (χ2v) is 3.86. The molecule has 3 heteroatoms. The molecule has 0 bridgehead atoms. The van der Waals surface area contributed by atoms with Crippen LogP contribution in [0.4, 0.5) is 5.69 Å². The highest BCUT2D eigenvalue weighted by atomic mass is 16.3. The van der Waals surface area contributed by atoms with Crippen LogP contribution in [0.15, 0.2) is 18.2 Å². The van der Waals surface area contributed by atoms with Crippen molar-refractivity contribution in [3.8, 4) is 5.75 Å². The quantitative estimate of drug-likeness (QED) is 0.696. The van der Waals surface area contributed by atoms with Gasteiger partial charge < -0.3 is 15.3 Å². The molecule has 0 saturated heterocycles. The Morgan fingerprint density at radius 3 is 3.00 bits per heavy atom. The predicted octanol–water partition coefficient (Wildman–Crippen LogP) is 0.972. The molecule has 76 valence electrons. The summed E-state index contributed by atoms with van der Waals surface area (Å²) in [7, 11) is 3.99. The average molecular weight is 192 g/mol. The predicted molar refractivity (Wildman–Crippen MR) is 57.9 cm³/mol. The van der Waals surface area contributed by atoms with Crippen LogP contribution in [-0.2, 0) is 6.42 Å². The summed E-state index contributed by atoms with van der Waals surface area (Å²) < 4.78 is 0. The maximum absolute atomic E-state index is 9.72. The molecule has 1 atom stereocenters. The molecule has 0 aliphatic carbocycles. The summed E-state index contributed by atoms with van der Waals surface area (Å²) in [6, 6.07) is 6.21. The molecule has 1 unspecified atom stereocenters. The van der Waals surface area contributed by atoms with Crippen molar-refractivity contribution in [2.75, 3.05) is 25.5 Å². The van der Waals surface area contributed by atoms with Crippen molar-refractivity contribution < 1.29 is 5.11 Å². The first kappa shape index (κ1) is 9.34. The summed E-state index contributed by atoms with van der Waals surface area (Å²) in [5, 5.41) is 13.0. The molecule has 0 saturated carbocycles. The Labute approximate surface area is 84.4 Å². The monoisotopic (exact) mass is 192 g/mol. The summed E-state index contributed by atoms with van der Waals surface area (Å²) in [6.45, 7) is 0.946. The van der Waals surface area contributed by atoms with E-state index in [9.17, 15) is 5.11 Å².